The van der Waals surface area contributed by atoms with Crippen molar-refractivity contribution in [2.75, 3.05) is 12.4 Å². The maximum atomic E-state index is 11.9. The van der Waals surface area contributed by atoms with Crippen LogP contribution in [-0.2, 0) is 28.9 Å². The van der Waals surface area contributed by atoms with Crippen LogP contribution in [-0.4, -0.2) is 18.8 Å². The summed E-state index contributed by atoms with van der Waals surface area (Å²) in [5.74, 6) is 0.889. The van der Waals surface area contributed by atoms with Gasteiger partial charge in [-0.3, -0.25) is 5.41 Å². The lowest BCUT2D eigenvalue weighted by Crippen LogP contribution is -2.18. The number of carbonyl (C=O) groups is 1. The molecule has 2 unspecified atom stereocenters. The molecule has 2 N–H and O–H groups in total. The van der Waals surface area contributed by atoms with Crippen molar-refractivity contribution in [3.63, 3.8) is 0 Å². The topological polar surface area (TPSA) is 62.2 Å². The van der Waals surface area contributed by atoms with Gasteiger partial charge in [-0.25, -0.2) is 4.79 Å². The quantitative estimate of drug-likeness (QED) is 0.471. The zero-order valence-corrected chi connectivity index (χ0v) is 17.4. The molecule has 0 saturated heterocycles. The molecular formula is C23H27ClN2O2. The molecular weight excluding hydrogens is 372 g/mol. The second kappa shape index (κ2) is 8.78. The summed E-state index contributed by atoms with van der Waals surface area (Å²) in [6.45, 7) is 4.98. The van der Waals surface area contributed by atoms with Crippen molar-refractivity contribution in [3.05, 3.63) is 63.7 Å². The van der Waals surface area contributed by atoms with Crippen LogP contribution in [0.25, 0.3) is 0 Å². The smallest absolute Gasteiger partial charge is 0.356 e. The molecule has 0 radical (unpaired) electrons. The van der Waals surface area contributed by atoms with E-state index in [1.807, 2.05) is 30.3 Å². The first kappa shape index (κ1) is 20.4. The Bertz CT molecular complexity index is 894. The third kappa shape index (κ3) is 4.74. The molecule has 5 heteroatoms. The number of anilines is 1. The summed E-state index contributed by atoms with van der Waals surface area (Å²) in [5, 5.41) is 12.4. The Morgan fingerprint density at radius 2 is 2.00 bits per heavy atom. The normalized spacial score (nSPS) is 17.9. The largest absolute Gasteiger partial charge is 0.464 e. The second-order valence-electron chi connectivity index (χ2n) is 7.54. The first-order valence-electron chi connectivity index (χ1n) is 9.74. The number of hydrogen-bond acceptors (Lipinski definition) is 4. The van der Waals surface area contributed by atoms with Gasteiger partial charge in [-0.1, -0.05) is 43.6 Å². The summed E-state index contributed by atoms with van der Waals surface area (Å²) < 4.78 is 4.75. The van der Waals surface area contributed by atoms with Crippen LogP contribution in [0.5, 0.6) is 0 Å². The second-order valence-corrected chi connectivity index (χ2v) is 7.98. The molecule has 28 heavy (non-hydrogen) atoms. The minimum atomic E-state index is -0.632. The van der Waals surface area contributed by atoms with Gasteiger partial charge in [-0.05, 0) is 66.0 Å². The fraction of sp³-hybridized carbons (Fsp3) is 0.391. The lowest BCUT2D eigenvalue weighted by molar-refractivity contribution is -0.132. The Balaban J connectivity index is 1.86. The summed E-state index contributed by atoms with van der Waals surface area (Å²) in [6, 6.07) is 11.8. The highest BCUT2D eigenvalue weighted by Crippen LogP contribution is 2.40. The molecule has 0 bridgehead atoms. The summed E-state index contributed by atoms with van der Waals surface area (Å²) in [7, 11) is 1.30. The fourth-order valence-electron chi connectivity index (χ4n) is 3.57. The summed E-state index contributed by atoms with van der Waals surface area (Å²) in [5.41, 5.74) is 4.79. The molecule has 2 aromatic rings. The third-order valence-electron chi connectivity index (χ3n) is 5.54. The van der Waals surface area contributed by atoms with Crippen molar-refractivity contribution in [3.8, 4) is 0 Å². The van der Waals surface area contributed by atoms with Crippen LogP contribution in [0.3, 0.4) is 0 Å². The standard InChI is InChI=1S/C23H27ClN2O2/c1-4-16-12-19(24)7-6-17(16)13-26-21-11-15(10-18-9-14(18)2)5-8-20(21)22(25)23(27)28-3/h5-8,11-12,14,18,25-26H,4,9-10,13H2,1-3H3. The van der Waals surface area contributed by atoms with E-state index < -0.39 is 5.97 Å². The van der Waals surface area contributed by atoms with Gasteiger partial charge in [-0.15, -0.1) is 0 Å². The molecule has 1 fully saturated rings. The highest BCUT2D eigenvalue weighted by atomic mass is 35.5. The van der Waals surface area contributed by atoms with E-state index in [2.05, 4.69) is 25.2 Å². The minimum absolute atomic E-state index is 0.136. The van der Waals surface area contributed by atoms with Crippen LogP contribution in [0.1, 0.15) is 42.5 Å². The van der Waals surface area contributed by atoms with Gasteiger partial charge in [0, 0.05) is 22.8 Å². The van der Waals surface area contributed by atoms with Gasteiger partial charge < -0.3 is 10.1 Å². The van der Waals surface area contributed by atoms with E-state index in [0.717, 1.165) is 41.0 Å². The Kier molecular flexibility index (Phi) is 6.40. The van der Waals surface area contributed by atoms with E-state index in [9.17, 15) is 4.79 Å². The average Bonchev–Trinajstić information content (AvgIpc) is 3.40. The maximum Gasteiger partial charge on any atom is 0.356 e. The van der Waals surface area contributed by atoms with Crippen molar-refractivity contribution in [1.29, 1.82) is 5.41 Å². The predicted octanol–water partition coefficient (Wildman–Crippen LogP) is 5.25. The number of aryl methyl sites for hydroxylation is 1. The van der Waals surface area contributed by atoms with Gasteiger partial charge in [-0.2, -0.15) is 0 Å². The first-order valence-corrected chi connectivity index (χ1v) is 10.1. The highest BCUT2D eigenvalue weighted by Gasteiger charge is 2.32. The molecule has 4 nitrogen and oxygen atoms in total. The maximum absolute atomic E-state index is 11.9. The molecule has 2 aromatic carbocycles. The number of hydrogen-bond donors (Lipinski definition) is 2. The number of methoxy groups -OCH3 is 1. The average molecular weight is 399 g/mol. The zero-order chi connectivity index (χ0) is 20.3. The van der Waals surface area contributed by atoms with Crippen LogP contribution in [0, 0.1) is 17.2 Å². The Morgan fingerprint density at radius 1 is 1.25 bits per heavy atom. The predicted molar refractivity (Wildman–Crippen MR) is 114 cm³/mol. The Hall–Kier alpha value is -2.33. The fourth-order valence-corrected chi connectivity index (χ4v) is 3.76. The number of halogens is 1. The first-order chi connectivity index (χ1) is 13.4. The Morgan fingerprint density at radius 3 is 2.64 bits per heavy atom. The van der Waals surface area contributed by atoms with E-state index in [0.29, 0.717) is 12.1 Å². The van der Waals surface area contributed by atoms with Gasteiger partial charge in [0.05, 0.1) is 7.11 Å². The van der Waals surface area contributed by atoms with Gasteiger partial charge in [0.15, 0.2) is 0 Å². The van der Waals surface area contributed by atoms with Gasteiger partial charge in [0.2, 0.25) is 0 Å². The zero-order valence-electron chi connectivity index (χ0n) is 16.6. The summed E-state index contributed by atoms with van der Waals surface area (Å²) in [6.07, 6.45) is 3.19. The third-order valence-corrected chi connectivity index (χ3v) is 5.77. The van der Waals surface area contributed by atoms with E-state index in [4.69, 9.17) is 21.7 Å². The summed E-state index contributed by atoms with van der Waals surface area (Å²) >= 11 is 6.12. The Labute approximate surface area is 171 Å². The molecule has 0 spiro atoms. The molecule has 1 saturated carbocycles. The number of carbonyl (C=O) groups excluding carboxylic acids is 1. The molecule has 2 atom stereocenters. The van der Waals surface area contributed by atoms with Crippen LogP contribution >= 0.6 is 11.6 Å². The number of esters is 1. The van der Waals surface area contributed by atoms with Crippen molar-refractivity contribution >= 4 is 29.0 Å². The van der Waals surface area contributed by atoms with Crippen LogP contribution in [0.2, 0.25) is 5.02 Å². The van der Waals surface area contributed by atoms with Crippen LogP contribution in [0.15, 0.2) is 36.4 Å². The molecule has 0 heterocycles. The van der Waals surface area contributed by atoms with Crippen LogP contribution < -0.4 is 5.32 Å². The van der Waals surface area contributed by atoms with Crippen molar-refractivity contribution in [2.24, 2.45) is 11.8 Å². The lowest BCUT2D eigenvalue weighted by atomic mass is 10.00. The molecule has 148 valence electrons. The monoisotopic (exact) mass is 398 g/mol. The van der Waals surface area contributed by atoms with Gasteiger partial charge in [0.25, 0.3) is 0 Å². The molecule has 0 aromatic heterocycles. The molecule has 0 aliphatic heterocycles. The van der Waals surface area contributed by atoms with Gasteiger partial charge in [0.1, 0.15) is 5.71 Å². The van der Waals surface area contributed by atoms with Crippen LogP contribution in [0.4, 0.5) is 5.69 Å². The number of nitrogens with one attached hydrogen (secondary N) is 2. The SMILES string of the molecule is CCc1cc(Cl)ccc1CNc1cc(CC2CC2C)ccc1C(=N)C(=O)OC. The van der Waals surface area contributed by atoms with Gasteiger partial charge >= 0.3 is 5.97 Å². The van der Waals surface area contributed by atoms with E-state index >= 15 is 0 Å². The molecule has 1 aliphatic carbocycles. The van der Waals surface area contributed by atoms with Crippen molar-refractivity contribution in [2.45, 2.75) is 39.7 Å². The number of benzene rings is 2. The molecule has 0 amide bonds. The minimum Gasteiger partial charge on any atom is -0.464 e. The molecule has 3 rings (SSSR count). The van der Waals surface area contributed by atoms with E-state index in [1.165, 1.54) is 24.7 Å². The van der Waals surface area contributed by atoms with E-state index in [-0.39, 0.29) is 5.71 Å². The lowest BCUT2D eigenvalue weighted by Gasteiger charge is -2.16. The summed E-state index contributed by atoms with van der Waals surface area (Å²) in [4.78, 5) is 11.9. The molecule has 1 aliphatic rings. The van der Waals surface area contributed by atoms with Crippen molar-refractivity contribution < 1.29 is 9.53 Å². The highest BCUT2D eigenvalue weighted by molar-refractivity contribution is 6.43. The number of rotatable bonds is 8. The van der Waals surface area contributed by atoms with E-state index in [1.54, 1.807) is 0 Å². The number of ether oxygens (including phenoxy) is 1. The van der Waals surface area contributed by atoms with Crippen molar-refractivity contribution in [1.82, 2.24) is 0 Å².